The summed E-state index contributed by atoms with van der Waals surface area (Å²) in [6.45, 7) is 4.89. The van der Waals surface area contributed by atoms with Crippen LogP contribution in [-0.2, 0) is 16.1 Å². The number of ether oxygens (including phenoxy) is 1. The zero-order valence-corrected chi connectivity index (χ0v) is 12.7. The lowest BCUT2D eigenvalue weighted by molar-refractivity contribution is -0.133. The third-order valence-corrected chi connectivity index (χ3v) is 4.01. The molecule has 0 saturated carbocycles. The molecule has 2 aliphatic heterocycles. The van der Waals surface area contributed by atoms with E-state index >= 15 is 0 Å². The molecule has 2 amide bonds. The van der Waals surface area contributed by atoms with E-state index < -0.39 is 0 Å². The van der Waals surface area contributed by atoms with E-state index in [0.717, 1.165) is 13.1 Å². The van der Waals surface area contributed by atoms with Crippen molar-refractivity contribution in [3.05, 3.63) is 17.5 Å². The molecule has 8 heteroatoms. The van der Waals surface area contributed by atoms with Crippen molar-refractivity contribution in [2.24, 2.45) is 0 Å². The summed E-state index contributed by atoms with van der Waals surface area (Å²) in [5, 5.41) is 3.85. The number of hydrogen-bond acceptors (Lipinski definition) is 6. The molecule has 0 N–H and O–H groups in total. The molecule has 3 heterocycles. The van der Waals surface area contributed by atoms with Gasteiger partial charge in [-0.15, -0.1) is 0 Å². The average Bonchev–Trinajstić information content (AvgIpc) is 2.99. The van der Waals surface area contributed by atoms with Gasteiger partial charge in [-0.2, -0.15) is 0 Å². The molecule has 2 fully saturated rings. The van der Waals surface area contributed by atoms with E-state index in [9.17, 15) is 9.59 Å². The number of carbonyl (C=O) groups is 2. The minimum absolute atomic E-state index is 0.0587. The van der Waals surface area contributed by atoms with Crippen LogP contribution in [0.25, 0.3) is 0 Å². The van der Waals surface area contributed by atoms with Gasteiger partial charge in [0.15, 0.2) is 11.5 Å². The van der Waals surface area contributed by atoms with E-state index in [2.05, 4.69) is 10.1 Å². The molecule has 2 saturated heterocycles. The van der Waals surface area contributed by atoms with Gasteiger partial charge in [0, 0.05) is 39.3 Å². The van der Waals surface area contributed by atoms with Crippen LogP contribution in [0, 0.1) is 0 Å². The predicted octanol–water partition coefficient (Wildman–Crippen LogP) is -0.579. The first-order valence-electron chi connectivity index (χ1n) is 7.42. The molecule has 0 bridgehead atoms. The monoisotopic (exact) mass is 308 g/mol. The Morgan fingerprint density at radius 3 is 2.77 bits per heavy atom. The van der Waals surface area contributed by atoms with Crippen molar-refractivity contribution in [3.63, 3.8) is 0 Å². The molecular formula is C14H20N4O4. The zero-order chi connectivity index (χ0) is 15.5. The summed E-state index contributed by atoms with van der Waals surface area (Å²) in [5.74, 6) is 0.348. The Hall–Kier alpha value is -1.93. The Kier molecular flexibility index (Phi) is 4.39. The Morgan fingerprint density at radius 1 is 1.27 bits per heavy atom. The van der Waals surface area contributed by atoms with Crippen LogP contribution >= 0.6 is 0 Å². The van der Waals surface area contributed by atoms with Crippen molar-refractivity contribution >= 4 is 11.8 Å². The van der Waals surface area contributed by atoms with Crippen molar-refractivity contribution < 1.29 is 18.8 Å². The second kappa shape index (κ2) is 6.45. The van der Waals surface area contributed by atoms with Gasteiger partial charge in [0.25, 0.3) is 5.91 Å². The number of piperazine rings is 1. The molecule has 120 valence electrons. The van der Waals surface area contributed by atoms with Crippen LogP contribution in [0.15, 0.2) is 10.6 Å². The van der Waals surface area contributed by atoms with E-state index in [1.54, 1.807) is 18.0 Å². The Morgan fingerprint density at radius 2 is 2.05 bits per heavy atom. The van der Waals surface area contributed by atoms with Gasteiger partial charge in [-0.25, -0.2) is 0 Å². The molecule has 0 radical (unpaired) electrons. The number of rotatable bonds is 3. The normalized spacial score (nSPS) is 20.5. The van der Waals surface area contributed by atoms with Crippen LogP contribution in [0.2, 0.25) is 0 Å². The molecule has 0 atom stereocenters. The number of hydrogen-bond donors (Lipinski definition) is 0. The minimum Gasteiger partial charge on any atom is -0.379 e. The van der Waals surface area contributed by atoms with Crippen molar-refractivity contribution in [1.29, 1.82) is 0 Å². The van der Waals surface area contributed by atoms with Crippen molar-refractivity contribution in [1.82, 2.24) is 19.9 Å². The summed E-state index contributed by atoms with van der Waals surface area (Å²) in [6.07, 6.45) is 0. The smallest absolute Gasteiger partial charge is 0.276 e. The molecule has 8 nitrogen and oxygen atoms in total. The summed E-state index contributed by atoms with van der Waals surface area (Å²) in [4.78, 5) is 29.4. The first-order valence-corrected chi connectivity index (χ1v) is 7.42. The van der Waals surface area contributed by atoms with Gasteiger partial charge >= 0.3 is 0 Å². The van der Waals surface area contributed by atoms with E-state index in [0.29, 0.717) is 38.6 Å². The molecule has 1 aromatic rings. The first kappa shape index (κ1) is 15.0. The van der Waals surface area contributed by atoms with Gasteiger partial charge in [-0.1, -0.05) is 5.16 Å². The number of morpholine rings is 1. The Labute approximate surface area is 128 Å². The van der Waals surface area contributed by atoms with Crippen molar-refractivity contribution in [2.75, 3.05) is 53.0 Å². The first-order chi connectivity index (χ1) is 10.6. The largest absolute Gasteiger partial charge is 0.379 e. The van der Waals surface area contributed by atoms with Crippen LogP contribution in [0.5, 0.6) is 0 Å². The summed E-state index contributed by atoms with van der Waals surface area (Å²) in [7, 11) is 1.74. The Balaban J connectivity index is 1.60. The zero-order valence-electron chi connectivity index (χ0n) is 12.7. The highest BCUT2D eigenvalue weighted by Crippen LogP contribution is 2.12. The van der Waals surface area contributed by atoms with Crippen molar-refractivity contribution in [2.45, 2.75) is 6.54 Å². The maximum absolute atomic E-state index is 12.4. The molecule has 3 rings (SSSR count). The lowest BCUT2D eigenvalue weighted by Gasteiger charge is -2.31. The molecule has 1 aromatic heterocycles. The van der Waals surface area contributed by atoms with Gasteiger partial charge in [0.05, 0.1) is 19.8 Å². The summed E-state index contributed by atoms with van der Waals surface area (Å²) < 4.78 is 10.5. The molecule has 0 unspecified atom stereocenters. The third-order valence-electron chi connectivity index (χ3n) is 4.01. The van der Waals surface area contributed by atoms with E-state index in [1.807, 2.05) is 0 Å². The Bertz CT molecular complexity index is 553. The lowest BCUT2D eigenvalue weighted by atomic mass is 10.2. The van der Waals surface area contributed by atoms with Crippen LogP contribution < -0.4 is 0 Å². The average molecular weight is 308 g/mol. The maximum Gasteiger partial charge on any atom is 0.276 e. The molecule has 0 aliphatic carbocycles. The van der Waals surface area contributed by atoms with Gasteiger partial charge < -0.3 is 19.1 Å². The third kappa shape index (κ3) is 3.28. The molecular weight excluding hydrogens is 288 g/mol. The number of aromatic nitrogens is 1. The molecule has 0 spiro atoms. The maximum atomic E-state index is 12.4. The number of amides is 2. The summed E-state index contributed by atoms with van der Waals surface area (Å²) in [5.41, 5.74) is 0.264. The fourth-order valence-electron chi connectivity index (χ4n) is 2.56. The van der Waals surface area contributed by atoms with E-state index in [1.165, 1.54) is 4.90 Å². The van der Waals surface area contributed by atoms with E-state index in [-0.39, 0.29) is 24.1 Å². The molecule has 0 aromatic carbocycles. The van der Waals surface area contributed by atoms with Gasteiger partial charge in [0.2, 0.25) is 5.91 Å². The summed E-state index contributed by atoms with van der Waals surface area (Å²) >= 11 is 0. The fourth-order valence-corrected chi connectivity index (χ4v) is 2.56. The second-order valence-electron chi connectivity index (χ2n) is 5.61. The summed E-state index contributed by atoms with van der Waals surface area (Å²) in [6, 6.07) is 1.67. The second-order valence-corrected chi connectivity index (χ2v) is 5.61. The quantitative estimate of drug-likeness (QED) is 0.743. The molecule has 2 aliphatic rings. The highest BCUT2D eigenvalue weighted by molar-refractivity contribution is 5.95. The van der Waals surface area contributed by atoms with Crippen LogP contribution in [0.3, 0.4) is 0 Å². The number of carbonyl (C=O) groups excluding carboxylic acids is 2. The SMILES string of the molecule is CN1CCN(C(=O)c2cc(CN3CCOCC3)on2)CC1=O. The topological polar surface area (TPSA) is 79.1 Å². The van der Waals surface area contributed by atoms with Crippen LogP contribution in [0.4, 0.5) is 0 Å². The highest BCUT2D eigenvalue weighted by atomic mass is 16.5. The predicted molar refractivity (Wildman–Crippen MR) is 76.1 cm³/mol. The fraction of sp³-hybridized carbons (Fsp3) is 0.643. The molecule has 22 heavy (non-hydrogen) atoms. The number of likely N-dealkylation sites (N-methyl/N-ethyl adjacent to an activating group) is 1. The van der Waals surface area contributed by atoms with Gasteiger partial charge in [-0.3, -0.25) is 14.5 Å². The van der Waals surface area contributed by atoms with Gasteiger partial charge in [0.1, 0.15) is 6.54 Å². The van der Waals surface area contributed by atoms with Crippen LogP contribution in [0.1, 0.15) is 16.2 Å². The van der Waals surface area contributed by atoms with Crippen molar-refractivity contribution in [3.8, 4) is 0 Å². The lowest BCUT2D eigenvalue weighted by Crippen LogP contribution is -2.50. The highest BCUT2D eigenvalue weighted by Gasteiger charge is 2.27. The van der Waals surface area contributed by atoms with Gasteiger partial charge in [-0.05, 0) is 0 Å². The van der Waals surface area contributed by atoms with E-state index in [4.69, 9.17) is 9.26 Å². The minimum atomic E-state index is -0.251. The standard InChI is InChI=1S/C14H20N4O4/c1-16-2-3-18(10-13(16)19)14(20)12-8-11(22-15-12)9-17-4-6-21-7-5-17/h8H,2-7,9-10H2,1H3. The number of nitrogens with zero attached hydrogens (tertiary/aromatic N) is 4. The van der Waals surface area contributed by atoms with Crippen LogP contribution in [-0.4, -0.2) is 84.7 Å².